The highest BCUT2D eigenvalue weighted by atomic mass is 16.5. The van der Waals surface area contributed by atoms with Crippen molar-refractivity contribution in [3.63, 3.8) is 0 Å². The van der Waals surface area contributed by atoms with Gasteiger partial charge in [0.2, 0.25) is 0 Å². The second-order valence-corrected chi connectivity index (χ2v) is 6.64. The lowest BCUT2D eigenvalue weighted by molar-refractivity contribution is 0.0322. The molecule has 0 amide bonds. The van der Waals surface area contributed by atoms with Crippen molar-refractivity contribution in [3.05, 3.63) is 59.7 Å². The molecule has 1 saturated heterocycles. The number of ether oxygens (including phenoxy) is 4. The molecule has 0 unspecified atom stereocenters. The number of hydrogen-bond donors (Lipinski definition) is 0. The van der Waals surface area contributed by atoms with Crippen LogP contribution in [0.5, 0.6) is 17.2 Å². The van der Waals surface area contributed by atoms with Gasteiger partial charge in [-0.15, -0.1) is 0 Å². The first kappa shape index (κ1) is 20.9. The number of allylic oxidation sites excluding steroid dienone is 1. The van der Waals surface area contributed by atoms with Crippen LogP contribution in [0.4, 0.5) is 0 Å². The maximum atomic E-state index is 12.4. The number of ketones is 1. The molecule has 0 aliphatic carbocycles. The average molecular weight is 397 g/mol. The molecule has 0 saturated carbocycles. The van der Waals surface area contributed by atoms with Crippen LogP contribution in [0.25, 0.3) is 6.08 Å². The van der Waals surface area contributed by atoms with E-state index in [1.54, 1.807) is 44.6 Å². The number of morpholine rings is 1. The van der Waals surface area contributed by atoms with Gasteiger partial charge in [-0.3, -0.25) is 9.69 Å². The number of carbonyl (C=O) groups excluding carboxylic acids is 1. The van der Waals surface area contributed by atoms with Gasteiger partial charge in [0, 0.05) is 25.2 Å². The monoisotopic (exact) mass is 397 g/mol. The van der Waals surface area contributed by atoms with E-state index in [2.05, 4.69) is 4.90 Å². The van der Waals surface area contributed by atoms with Gasteiger partial charge in [-0.1, -0.05) is 18.2 Å². The van der Waals surface area contributed by atoms with E-state index in [1.807, 2.05) is 24.3 Å². The maximum Gasteiger partial charge on any atom is 0.185 e. The van der Waals surface area contributed by atoms with Crippen LogP contribution in [-0.2, 0) is 4.74 Å². The van der Waals surface area contributed by atoms with Crippen molar-refractivity contribution in [2.24, 2.45) is 0 Å². The number of carbonyl (C=O) groups is 1. The molecular formula is C23H27NO5. The van der Waals surface area contributed by atoms with Crippen LogP contribution in [-0.4, -0.2) is 64.4 Å². The standard InChI is InChI=1S/C23H27NO5/c1-26-22-10-6-19(17-23(22)27-2)21(25)9-5-18-3-7-20(8-4-18)29-16-13-24-11-14-28-15-12-24/h3-10,17H,11-16H2,1-2H3/b9-5+. The zero-order chi connectivity index (χ0) is 20.5. The molecule has 2 aromatic carbocycles. The Morgan fingerprint density at radius 3 is 2.45 bits per heavy atom. The van der Waals surface area contributed by atoms with E-state index in [4.69, 9.17) is 18.9 Å². The van der Waals surface area contributed by atoms with Gasteiger partial charge in [-0.05, 0) is 42.0 Å². The third-order valence-corrected chi connectivity index (χ3v) is 4.76. The summed E-state index contributed by atoms with van der Waals surface area (Å²) in [4.78, 5) is 14.8. The predicted octanol–water partition coefficient (Wildman–Crippen LogP) is 3.31. The summed E-state index contributed by atoms with van der Waals surface area (Å²) in [5, 5.41) is 0. The van der Waals surface area contributed by atoms with Gasteiger partial charge in [0.1, 0.15) is 12.4 Å². The van der Waals surface area contributed by atoms with E-state index in [0.717, 1.165) is 44.2 Å². The molecule has 1 aliphatic rings. The minimum atomic E-state index is -0.100. The third-order valence-electron chi connectivity index (χ3n) is 4.76. The fourth-order valence-electron chi connectivity index (χ4n) is 3.05. The van der Waals surface area contributed by atoms with Crippen molar-refractivity contribution in [1.82, 2.24) is 4.90 Å². The molecule has 154 valence electrons. The van der Waals surface area contributed by atoms with Crippen LogP contribution in [0.15, 0.2) is 48.5 Å². The minimum absolute atomic E-state index is 0.100. The Morgan fingerprint density at radius 1 is 1.03 bits per heavy atom. The highest BCUT2D eigenvalue weighted by Gasteiger charge is 2.10. The van der Waals surface area contributed by atoms with Gasteiger partial charge in [0.25, 0.3) is 0 Å². The SMILES string of the molecule is COc1ccc(C(=O)/C=C/c2ccc(OCCN3CCOCC3)cc2)cc1OC. The van der Waals surface area contributed by atoms with Crippen LogP contribution >= 0.6 is 0 Å². The fourth-order valence-corrected chi connectivity index (χ4v) is 3.05. The predicted molar refractivity (Wildman–Crippen MR) is 112 cm³/mol. The summed E-state index contributed by atoms with van der Waals surface area (Å²) in [5.74, 6) is 1.85. The van der Waals surface area contributed by atoms with Crippen molar-refractivity contribution in [2.45, 2.75) is 0 Å². The zero-order valence-corrected chi connectivity index (χ0v) is 16.9. The lowest BCUT2D eigenvalue weighted by Gasteiger charge is -2.26. The number of benzene rings is 2. The molecule has 1 aliphatic heterocycles. The highest BCUT2D eigenvalue weighted by Crippen LogP contribution is 2.27. The van der Waals surface area contributed by atoms with Gasteiger partial charge in [0.05, 0.1) is 27.4 Å². The summed E-state index contributed by atoms with van der Waals surface area (Å²) < 4.78 is 21.6. The van der Waals surface area contributed by atoms with Crippen molar-refractivity contribution in [1.29, 1.82) is 0 Å². The Kier molecular flexibility index (Phi) is 7.67. The molecule has 29 heavy (non-hydrogen) atoms. The van der Waals surface area contributed by atoms with Crippen LogP contribution < -0.4 is 14.2 Å². The highest BCUT2D eigenvalue weighted by molar-refractivity contribution is 6.07. The Labute approximate surface area is 171 Å². The summed E-state index contributed by atoms with van der Waals surface area (Å²) >= 11 is 0. The summed E-state index contributed by atoms with van der Waals surface area (Å²) in [6.07, 6.45) is 3.34. The van der Waals surface area contributed by atoms with Gasteiger partial charge >= 0.3 is 0 Å². The van der Waals surface area contributed by atoms with Crippen molar-refractivity contribution in [3.8, 4) is 17.2 Å². The second-order valence-electron chi connectivity index (χ2n) is 6.64. The van der Waals surface area contributed by atoms with Crippen molar-refractivity contribution < 1.29 is 23.7 Å². The molecule has 0 N–H and O–H groups in total. The Morgan fingerprint density at radius 2 is 1.76 bits per heavy atom. The number of rotatable bonds is 9. The van der Waals surface area contributed by atoms with Crippen molar-refractivity contribution in [2.75, 3.05) is 53.7 Å². The van der Waals surface area contributed by atoms with E-state index in [-0.39, 0.29) is 5.78 Å². The Balaban J connectivity index is 1.52. The average Bonchev–Trinajstić information content (AvgIpc) is 2.78. The quantitative estimate of drug-likeness (QED) is 0.478. The Bertz CT molecular complexity index is 826. The zero-order valence-electron chi connectivity index (χ0n) is 16.9. The number of hydrogen-bond acceptors (Lipinski definition) is 6. The van der Waals surface area contributed by atoms with E-state index in [9.17, 15) is 4.79 Å². The molecule has 6 heteroatoms. The molecule has 0 spiro atoms. The summed E-state index contributed by atoms with van der Waals surface area (Å²) in [6, 6.07) is 12.8. The topological polar surface area (TPSA) is 57.2 Å². The van der Waals surface area contributed by atoms with E-state index >= 15 is 0 Å². The molecule has 0 bridgehead atoms. The van der Waals surface area contributed by atoms with Gasteiger partial charge in [-0.25, -0.2) is 0 Å². The maximum absolute atomic E-state index is 12.4. The lowest BCUT2D eigenvalue weighted by atomic mass is 10.1. The van der Waals surface area contributed by atoms with E-state index in [1.165, 1.54) is 0 Å². The fraction of sp³-hybridized carbons (Fsp3) is 0.348. The first-order chi connectivity index (χ1) is 14.2. The molecular weight excluding hydrogens is 370 g/mol. The number of nitrogens with zero attached hydrogens (tertiary/aromatic N) is 1. The third kappa shape index (κ3) is 6.07. The van der Waals surface area contributed by atoms with E-state index in [0.29, 0.717) is 23.7 Å². The second kappa shape index (κ2) is 10.6. The Hall–Kier alpha value is -2.83. The molecule has 0 aromatic heterocycles. The van der Waals surface area contributed by atoms with Gasteiger partial charge in [-0.2, -0.15) is 0 Å². The first-order valence-corrected chi connectivity index (χ1v) is 9.67. The molecule has 6 nitrogen and oxygen atoms in total. The van der Waals surface area contributed by atoms with Crippen LogP contribution in [0.3, 0.4) is 0 Å². The number of methoxy groups -OCH3 is 2. The molecule has 1 fully saturated rings. The first-order valence-electron chi connectivity index (χ1n) is 9.67. The summed E-state index contributed by atoms with van der Waals surface area (Å²) in [6.45, 7) is 5.05. The smallest absolute Gasteiger partial charge is 0.185 e. The van der Waals surface area contributed by atoms with Gasteiger partial charge in [0.15, 0.2) is 17.3 Å². The summed E-state index contributed by atoms with van der Waals surface area (Å²) in [5.41, 5.74) is 1.47. The van der Waals surface area contributed by atoms with Crippen LogP contribution in [0.2, 0.25) is 0 Å². The molecule has 3 rings (SSSR count). The normalized spacial score (nSPS) is 14.7. The van der Waals surface area contributed by atoms with Gasteiger partial charge < -0.3 is 18.9 Å². The van der Waals surface area contributed by atoms with Crippen molar-refractivity contribution >= 4 is 11.9 Å². The molecule has 1 heterocycles. The lowest BCUT2D eigenvalue weighted by Crippen LogP contribution is -2.38. The van der Waals surface area contributed by atoms with Crippen LogP contribution in [0, 0.1) is 0 Å². The molecule has 2 aromatic rings. The molecule has 0 radical (unpaired) electrons. The molecule has 0 atom stereocenters. The summed E-state index contributed by atoms with van der Waals surface area (Å²) in [7, 11) is 3.11. The van der Waals surface area contributed by atoms with E-state index < -0.39 is 0 Å². The largest absolute Gasteiger partial charge is 0.493 e. The van der Waals surface area contributed by atoms with Crippen LogP contribution in [0.1, 0.15) is 15.9 Å². The minimum Gasteiger partial charge on any atom is -0.493 e.